The molecule has 0 saturated heterocycles. The number of carbonyl (C=O) groups is 2. The molecule has 0 atom stereocenters. The van der Waals surface area contributed by atoms with Crippen molar-refractivity contribution in [3.63, 3.8) is 0 Å². The number of fused-ring (bicyclic) bond motifs is 1. The molecule has 2 N–H and O–H groups in total. The number of nitrogens with one attached hydrogen (secondary N) is 1. The zero-order chi connectivity index (χ0) is 19.8. The van der Waals surface area contributed by atoms with Gasteiger partial charge in [-0.05, 0) is 12.1 Å². The molecule has 0 bridgehead atoms. The maximum atomic E-state index is 12.6. The SMILES string of the molecule is O=C1NC(=O)c2ccccc21.O=S(=O)(O)c1c(F)c(F)c(F)c(F)c1F. The van der Waals surface area contributed by atoms with Gasteiger partial charge in [-0.3, -0.25) is 19.5 Å². The van der Waals surface area contributed by atoms with Crippen LogP contribution >= 0.6 is 0 Å². The highest BCUT2D eigenvalue weighted by Crippen LogP contribution is 2.26. The molecule has 2 amide bonds. The van der Waals surface area contributed by atoms with Gasteiger partial charge in [0.1, 0.15) is 0 Å². The van der Waals surface area contributed by atoms with Crippen molar-refractivity contribution < 1.29 is 44.5 Å². The quantitative estimate of drug-likeness (QED) is 0.254. The maximum Gasteiger partial charge on any atom is 0.300 e. The lowest BCUT2D eigenvalue weighted by Gasteiger charge is -2.04. The maximum absolute atomic E-state index is 12.6. The number of hydrogen-bond acceptors (Lipinski definition) is 4. The van der Waals surface area contributed by atoms with Gasteiger partial charge in [-0.25, -0.2) is 22.0 Å². The van der Waals surface area contributed by atoms with Gasteiger partial charge >= 0.3 is 10.1 Å². The van der Waals surface area contributed by atoms with Crippen molar-refractivity contribution in [1.82, 2.24) is 5.32 Å². The fraction of sp³-hybridized carbons (Fsp3) is 0. The Balaban J connectivity index is 0.000000195. The van der Waals surface area contributed by atoms with Crippen molar-refractivity contribution in [2.24, 2.45) is 0 Å². The molecule has 0 unspecified atom stereocenters. The molecule has 138 valence electrons. The Hall–Kier alpha value is -2.86. The minimum Gasteiger partial charge on any atom is -0.288 e. The number of halogens is 5. The van der Waals surface area contributed by atoms with Gasteiger partial charge in [-0.1, -0.05) is 12.1 Å². The Kier molecular flexibility index (Phi) is 5.09. The van der Waals surface area contributed by atoms with Gasteiger partial charge in [0, 0.05) is 0 Å². The van der Waals surface area contributed by atoms with Crippen LogP contribution in [0.1, 0.15) is 20.7 Å². The third-order valence-corrected chi connectivity index (χ3v) is 3.95. The second kappa shape index (κ2) is 6.80. The van der Waals surface area contributed by atoms with Gasteiger partial charge in [0.15, 0.2) is 28.2 Å². The smallest absolute Gasteiger partial charge is 0.288 e. The number of rotatable bonds is 1. The normalized spacial score (nSPS) is 13.0. The van der Waals surface area contributed by atoms with Crippen LogP contribution in [0.4, 0.5) is 22.0 Å². The molecule has 0 radical (unpaired) electrons. The van der Waals surface area contributed by atoms with E-state index in [4.69, 9.17) is 4.55 Å². The molecular formula is C14H6F5NO5S. The second-order valence-corrected chi connectivity index (χ2v) is 6.06. The lowest BCUT2D eigenvalue weighted by molar-refractivity contribution is 0.0879. The summed E-state index contributed by atoms with van der Waals surface area (Å²) >= 11 is 0. The summed E-state index contributed by atoms with van der Waals surface area (Å²) in [6.07, 6.45) is 0. The van der Waals surface area contributed by atoms with E-state index in [0.717, 1.165) is 0 Å². The lowest BCUT2D eigenvalue weighted by atomic mass is 10.1. The largest absolute Gasteiger partial charge is 0.300 e. The minimum atomic E-state index is -5.52. The number of carbonyl (C=O) groups excluding carboxylic acids is 2. The summed E-state index contributed by atoms with van der Waals surface area (Å²) in [4.78, 5) is 19.6. The number of amides is 2. The molecule has 12 heteroatoms. The molecule has 1 aliphatic rings. The highest BCUT2D eigenvalue weighted by atomic mass is 32.2. The van der Waals surface area contributed by atoms with E-state index in [9.17, 15) is 40.0 Å². The summed E-state index contributed by atoms with van der Waals surface area (Å²) in [7, 11) is -5.52. The van der Waals surface area contributed by atoms with E-state index in [1.54, 1.807) is 24.3 Å². The zero-order valence-corrected chi connectivity index (χ0v) is 13.0. The molecule has 6 nitrogen and oxygen atoms in total. The van der Waals surface area contributed by atoms with Crippen LogP contribution in [0.2, 0.25) is 0 Å². The van der Waals surface area contributed by atoms with Crippen LogP contribution in [0, 0.1) is 29.1 Å². The topological polar surface area (TPSA) is 101 Å². The van der Waals surface area contributed by atoms with E-state index in [1.807, 2.05) is 0 Å². The van der Waals surface area contributed by atoms with Gasteiger partial charge < -0.3 is 0 Å². The van der Waals surface area contributed by atoms with Crippen molar-refractivity contribution in [1.29, 1.82) is 0 Å². The lowest BCUT2D eigenvalue weighted by Crippen LogP contribution is -2.19. The molecule has 0 fully saturated rings. The first-order valence-electron chi connectivity index (χ1n) is 6.40. The summed E-state index contributed by atoms with van der Waals surface area (Å²) in [6, 6.07) is 6.74. The molecule has 0 aromatic heterocycles. The monoisotopic (exact) mass is 395 g/mol. The molecule has 3 rings (SSSR count). The van der Waals surface area contributed by atoms with Crippen molar-refractivity contribution in [3.8, 4) is 0 Å². The fourth-order valence-electron chi connectivity index (χ4n) is 1.93. The van der Waals surface area contributed by atoms with E-state index in [2.05, 4.69) is 5.32 Å². The van der Waals surface area contributed by atoms with Gasteiger partial charge in [0.25, 0.3) is 11.8 Å². The van der Waals surface area contributed by atoms with Crippen molar-refractivity contribution >= 4 is 21.9 Å². The van der Waals surface area contributed by atoms with E-state index >= 15 is 0 Å². The number of benzene rings is 2. The highest BCUT2D eigenvalue weighted by molar-refractivity contribution is 7.85. The highest BCUT2D eigenvalue weighted by Gasteiger charge is 2.32. The van der Waals surface area contributed by atoms with Crippen LogP contribution in [0.25, 0.3) is 0 Å². The molecule has 2 aromatic carbocycles. The first-order chi connectivity index (χ1) is 12.0. The predicted molar refractivity (Wildman–Crippen MR) is 74.3 cm³/mol. The molecule has 0 saturated carbocycles. The summed E-state index contributed by atoms with van der Waals surface area (Å²) in [5.74, 6) is -13.2. The van der Waals surface area contributed by atoms with E-state index < -0.39 is 44.1 Å². The van der Waals surface area contributed by atoms with E-state index in [-0.39, 0.29) is 11.8 Å². The Morgan fingerprint density at radius 3 is 1.42 bits per heavy atom. The summed E-state index contributed by atoms with van der Waals surface area (Å²) in [5.41, 5.74) is 0.940. The Labute approximate surface area is 142 Å². The molecular weight excluding hydrogens is 389 g/mol. The number of hydrogen-bond donors (Lipinski definition) is 2. The summed E-state index contributed by atoms with van der Waals surface area (Å²) in [5, 5.41) is 2.20. The first kappa shape index (κ1) is 19.5. The summed E-state index contributed by atoms with van der Waals surface area (Å²) < 4.78 is 91.3. The van der Waals surface area contributed by atoms with Gasteiger partial charge in [-0.2, -0.15) is 8.42 Å². The molecule has 0 aliphatic carbocycles. The van der Waals surface area contributed by atoms with Crippen molar-refractivity contribution in [2.45, 2.75) is 4.90 Å². The van der Waals surface area contributed by atoms with E-state index in [1.165, 1.54) is 0 Å². The van der Waals surface area contributed by atoms with Gasteiger partial charge in [0.05, 0.1) is 11.1 Å². The molecule has 1 aliphatic heterocycles. The first-order valence-corrected chi connectivity index (χ1v) is 7.84. The third-order valence-electron chi connectivity index (χ3n) is 3.07. The van der Waals surface area contributed by atoms with Crippen LogP contribution in [-0.2, 0) is 10.1 Å². The standard InChI is InChI=1S/C8H5NO2.C6HF5O3S/c10-7-5-3-1-2-4-6(5)8(11)9-7;7-1-2(8)4(10)6(15(12,13)14)5(11)3(1)9/h1-4H,(H,9,10,11);(H,12,13,14). The van der Waals surface area contributed by atoms with Gasteiger partial charge in [0.2, 0.25) is 5.82 Å². The average molecular weight is 395 g/mol. The van der Waals surface area contributed by atoms with Crippen LogP contribution in [0.5, 0.6) is 0 Å². The van der Waals surface area contributed by atoms with Gasteiger partial charge in [-0.15, -0.1) is 0 Å². The van der Waals surface area contributed by atoms with E-state index in [0.29, 0.717) is 11.1 Å². The summed E-state index contributed by atoms with van der Waals surface area (Å²) in [6.45, 7) is 0. The van der Waals surface area contributed by atoms with Crippen molar-refractivity contribution in [2.75, 3.05) is 0 Å². The predicted octanol–water partition coefficient (Wildman–Crippen LogP) is 2.20. The molecule has 0 spiro atoms. The van der Waals surface area contributed by atoms with Crippen LogP contribution in [-0.4, -0.2) is 24.8 Å². The van der Waals surface area contributed by atoms with Crippen LogP contribution in [0.15, 0.2) is 29.2 Å². The zero-order valence-electron chi connectivity index (χ0n) is 12.2. The third kappa shape index (κ3) is 3.41. The Morgan fingerprint density at radius 1 is 0.731 bits per heavy atom. The molecule has 2 aromatic rings. The van der Waals surface area contributed by atoms with Crippen LogP contribution < -0.4 is 5.32 Å². The minimum absolute atomic E-state index is 0.300. The molecule has 26 heavy (non-hydrogen) atoms. The Bertz CT molecular complexity index is 976. The second-order valence-electron chi connectivity index (χ2n) is 4.70. The van der Waals surface area contributed by atoms with Crippen molar-refractivity contribution in [3.05, 3.63) is 64.5 Å². The number of imide groups is 1. The fourth-order valence-corrected chi connectivity index (χ4v) is 2.56. The molecule has 1 heterocycles. The van der Waals surface area contributed by atoms with Crippen LogP contribution in [0.3, 0.4) is 0 Å². The Morgan fingerprint density at radius 2 is 1.08 bits per heavy atom. The average Bonchev–Trinajstić information content (AvgIpc) is 2.86.